The normalized spacial score (nSPS) is 20.7. The first-order valence-electron chi connectivity index (χ1n) is 13.3. The fraction of sp³-hybridized carbons (Fsp3) is 0.353. The largest absolute Gasteiger partial charge is 3.00 e. The van der Waals surface area contributed by atoms with Crippen LogP contribution in [-0.4, -0.2) is 32.3 Å². The molecule has 0 aliphatic heterocycles. The van der Waals surface area contributed by atoms with Gasteiger partial charge in [-0.2, -0.15) is 0 Å². The predicted molar refractivity (Wildman–Crippen MR) is 188 cm³/mol. The molecule has 4 saturated carbocycles. The molecule has 4 rings (SSSR count). The summed E-state index contributed by atoms with van der Waals surface area (Å²) in [5.74, 6) is 0. The average Bonchev–Trinajstić information content (AvgIpc) is 3.57. The Kier molecular flexibility index (Phi) is 30.0. The second-order valence-electron chi connectivity index (χ2n) is 13.7. The summed E-state index contributed by atoms with van der Waals surface area (Å²) in [6.45, 7) is 28.4. The van der Waals surface area contributed by atoms with Crippen LogP contribution in [0.4, 0.5) is 0 Å². The molecule has 0 amide bonds. The summed E-state index contributed by atoms with van der Waals surface area (Å²) in [4.78, 5) is 0. The standard InChI is InChI=1S/4C8H13Si.2CH3.2Nd/c4*1-9(2,3)8-6-4-5-7-8;;;;/h4*4-7H,1-3H3;2*1H3;;/q;;;;2*-1;2*+3. The van der Waals surface area contributed by atoms with E-state index in [1.807, 2.05) is 0 Å². The molecule has 0 aromatic carbocycles. The van der Waals surface area contributed by atoms with E-state index in [1.54, 1.807) is 22.2 Å². The van der Waals surface area contributed by atoms with Crippen LogP contribution in [0.1, 0.15) is 0 Å². The first kappa shape index (κ1) is 50.4. The minimum atomic E-state index is -0.981. The van der Waals surface area contributed by atoms with E-state index in [-0.39, 0.29) is 96.5 Å². The van der Waals surface area contributed by atoms with Crippen LogP contribution in [0, 0.1) is 221 Å². The third kappa shape index (κ3) is 22.2. The maximum absolute atomic E-state index is 2.36. The van der Waals surface area contributed by atoms with Crippen molar-refractivity contribution in [3.63, 3.8) is 0 Å². The van der Waals surface area contributed by atoms with E-state index in [0.717, 1.165) is 0 Å². The Morgan fingerprint density at radius 1 is 0.275 bits per heavy atom. The molecule has 0 heterocycles. The van der Waals surface area contributed by atoms with Gasteiger partial charge in [0.05, 0.1) is 32.3 Å². The molecule has 214 valence electrons. The Morgan fingerprint density at radius 2 is 0.375 bits per heavy atom. The Morgan fingerprint density at radius 3 is 0.425 bits per heavy atom. The van der Waals surface area contributed by atoms with Crippen LogP contribution in [0.2, 0.25) is 78.6 Å². The third-order valence-corrected chi connectivity index (χ3v) is 14.4. The Hall–Kier alpha value is 3.57. The molecule has 0 unspecified atom stereocenters. The SMILES string of the molecule is C[Si](C)(C)[C]1[CH][CH][CH][CH]1.C[Si](C)(C)[C]1[CH][CH][CH][CH]1.C[Si](C)(C)[C]1[CH][CH][CH][CH]1.C[Si](C)(C)[C]1[CH][CH][CH][CH]1.[CH3-].[CH3-].[Nd+3].[Nd+3]. The molecule has 0 aromatic rings. The molecule has 40 heavy (non-hydrogen) atoms. The molecular weight excluding hydrogens is 809 g/mol. The summed E-state index contributed by atoms with van der Waals surface area (Å²) < 4.78 is 0. The van der Waals surface area contributed by atoms with Gasteiger partial charge in [-0.25, -0.2) is 0 Å². The van der Waals surface area contributed by atoms with Crippen molar-refractivity contribution in [1.82, 2.24) is 0 Å². The van der Waals surface area contributed by atoms with Gasteiger partial charge in [0.2, 0.25) is 0 Å². The maximum atomic E-state index is 2.36. The average molecular weight is 868 g/mol. The monoisotopic (exact) mass is 862 g/mol. The van der Waals surface area contributed by atoms with E-state index in [2.05, 4.69) is 181 Å². The molecule has 4 aliphatic carbocycles. The van der Waals surface area contributed by atoms with Crippen LogP contribution in [0.5, 0.6) is 0 Å². The molecule has 4 fully saturated rings. The summed E-state index contributed by atoms with van der Waals surface area (Å²) in [6.07, 6.45) is 34.8. The van der Waals surface area contributed by atoms with E-state index >= 15 is 0 Å². The van der Waals surface area contributed by atoms with Crippen LogP contribution >= 0.6 is 0 Å². The van der Waals surface area contributed by atoms with Crippen LogP contribution in [0.15, 0.2) is 0 Å². The van der Waals surface area contributed by atoms with Gasteiger partial charge in [0.25, 0.3) is 0 Å². The molecule has 0 nitrogen and oxygen atoms in total. The maximum Gasteiger partial charge on any atom is 3.00 e. The van der Waals surface area contributed by atoms with Gasteiger partial charge >= 0.3 is 81.7 Å². The Labute approximate surface area is 327 Å². The summed E-state index contributed by atoms with van der Waals surface area (Å²) in [6, 6.07) is 0. The fourth-order valence-corrected chi connectivity index (χ4v) is 8.27. The molecular formula is C34H58Nd2Si4+4. The van der Waals surface area contributed by atoms with E-state index in [4.69, 9.17) is 0 Å². The van der Waals surface area contributed by atoms with Crippen molar-refractivity contribution < 1.29 is 81.7 Å². The molecule has 22 radical (unpaired) electrons. The van der Waals surface area contributed by atoms with Gasteiger partial charge in [-0.1, -0.05) is 78.6 Å². The molecule has 0 N–H and O–H groups in total. The third-order valence-electron chi connectivity index (χ3n) is 6.11. The van der Waals surface area contributed by atoms with Gasteiger partial charge in [-0.15, -0.1) is 0 Å². The second-order valence-corrected chi connectivity index (χ2v) is 34.0. The topological polar surface area (TPSA) is 0 Å². The van der Waals surface area contributed by atoms with Crippen molar-refractivity contribution in [2.75, 3.05) is 0 Å². The first-order chi connectivity index (χ1) is 16.4. The van der Waals surface area contributed by atoms with Crippen LogP contribution in [0.3, 0.4) is 0 Å². The van der Waals surface area contributed by atoms with Crippen LogP contribution < -0.4 is 0 Å². The Balaban J connectivity index is -0.000000209. The van der Waals surface area contributed by atoms with E-state index < -0.39 is 32.3 Å². The van der Waals surface area contributed by atoms with E-state index in [1.165, 1.54) is 0 Å². The molecule has 0 spiro atoms. The van der Waals surface area contributed by atoms with Gasteiger partial charge in [-0.05, 0) is 125 Å². The number of hydrogen-bond acceptors (Lipinski definition) is 0. The van der Waals surface area contributed by atoms with Crippen LogP contribution in [0.25, 0.3) is 0 Å². The zero-order chi connectivity index (χ0) is 27.6. The molecule has 6 heteroatoms. The quantitative estimate of drug-likeness (QED) is 0.195. The van der Waals surface area contributed by atoms with Crippen LogP contribution in [-0.2, 0) is 0 Å². The zero-order valence-electron chi connectivity index (χ0n) is 28.2. The van der Waals surface area contributed by atoms with Gasteiger partial charge in [0.15, 0.2) is 0 Å². The predicted octanol–water partition coefficient (Wildman–Crippen LogP) is 9.98. The van der Waals surface area contributed by atoms with Crippen molar-refractivity contribution in [3.8, 4) is 0 Å². The smallest absolute Gasteiger partial charge is 0.358 e. The number of hydrogen-bond donors (Lipinski definition) is 0. The van der Waals surface area contributed by atoms with Crippen molar-refractivity contribution >= 4 is 32.3 Å². The summed E-state index contributed by atoms with van der Waals surface area (Å²) in [7, 11) is -3.92. The van der Waals surface area contributed by atoms with Crippen molar-refractivity contribution in [2.24, 2.45) is 0 Å². The minimum Gasteiger partial charge on any atom is -0.358 e. The molecule has 4 aliphatic rings. The molecule has 0 aromatic heterocycles. The molecule has 0 atom stereocenters. The van der Waals surface area contributed by atoms with Crippen molar-refractivity contribution in [2.45, 2.75) is 78.6 Å². The van der Waals surface area contributed by atoms with Gasteiger partial charge in [0.1, 0.15) is 0 Å². The zero-order valence-corrected chi connectivity index (χ0v) is 38.7. The number of rotatable bonds is 4. The van der Waals surface area contributed by atoms with Gasteiger partial charge in [-0.3, -0.25) is 0 Å². The van der Waals surface area contributed by atoms with Gasteiger partial charge < -0.3 is 14.9 Å². The van der Waals surface area contributed by atoms with Crippen molar-refractivity contribution in [1.29, 1.82) is 0 Å². The van der Waals surface area contributed by atoms with Gasteiger partial charge in [0, 0.05) is 0 Å². The fourth-order valence-electron chi connectivity index (χ4n) is 3.50. The summed E-state index contributed by atoms with van der Waals surface area (Å²) in [5, 5.41) is 0. The second kappa shape index (κ2) is 23.8. The minimum absolute atomic E-state index is 0. The summed E-state index contributed by atoms with van der Waals surface area (Å²) in [5.41, 5.74) is 6.23. The Bertz CT molecular complexity index is 457. The van der Waals surface area contributed by atoms with E-state index in [9.17, 15) is 0 Å². The first-order valence-corrected chi connectivity index (χ1v) is 27.3. The van der Waals surface area contributed by atoms with E-state index in [0.29, 0.717) is 0 Å². The molecule has 0 bridgehead atoms. The van der Waals surface area contributed by atoms with Crippen molar-refractivity contribution in [3.05, 3.63) is 140 Å². The molecule has 0 saturated heterocycles. The summed E-state index contributed by atoms with van der Waals surface area (Å²) >= 11 is 0.